The fourth-order valence-corrected chi connectivity index (χ4v) is 5.49. The van der Waals surface area contributed by atoms with Gasteiger partial charge in [-0.05, 0) is 30.5 Å². The molecular weight excluding hydrogens is 402 g/mol. The van der Waals surface area contributed by atoms with Crippen molar-refractivity contribution in [2.75, 3.05) is 5.32 Å². The molecular formula is C18H16ClN5OS2. The Morgan fingerprint density at radius 3 is 3.04 bits per heavy atom. The number of hydrogen-bond acceptors (Lipinski definition) is 6. The Morgan fingerprint density at radius 1 is 1.52 bits per heavy atom. The van der Waals surface area contributed by atoms with Crippen molar-refractivity contribution < 1.29 is 4.79 Å². The molecule has 0 fully saturated rings. The van der Waals surface area contributed by atoms with Gasteiger partial charge in [-0.1, -0.05) is 11.6 Å². The minimum atomic E-state index is -0.254. The molecule has 0 aliphatic carbocycles. The maximum absolute atomic E-state index is 12.4. The fourth-order valence-electron chi connectivity index (χ4n) is 3.20. The van der Waals surface area contributed by atoms with Crippen LogP contribution in [0.5, 0.6) is 0 Å². The molecule has 1 amide bonds. The molecule has 3 aromatic heterocycles. The maximum Gasteiger partial charge on any atom is 0.259 e. The van der Waals surface area contributed by atoms with E-state index in [1.807, 2.05) is 12.1 Å². The Hall–Kier alpha value is -2.18. The molecule has 1 unspecified atom stereocenters. The van der Waals surface area contributed by atoms with Crippen LogP contribution in [0.15, 0.2) is 24.5 Å². The van der Waals surface area contributed by atoms with Crippen LogP contribution in [0.25, 0.3) is 0 Å². The van der Waals surface area contributed by atoms with Crippen LogP contribution in [0.1, 0.15) is 31.2 Å². The highest BCUT2D eigenvalue weighted by molar-refractivity contribution is 7.17. The lowest BCUT2D eigenvalue weighted by Crippen LogP contribution is -2.36. The van der Waals surface area contributed by atoms with Crippen molar-refractivity contribution in [3.8, 4) is 6.07 Å². The number of carbonyl (C=O) groups excluding carboxylic acids is 1. The number of nitrogens with zero attached hydrogens (tertiary/aromatic N) is 3. The van der Waals surface area contributed by atoms with Crippen molar-refractivity contribution in [2.45, 2.75) is 25.4 Å². The number of hydrogen-bond donors (Lipinski definition) is 2. The first kappa shape index (κ1) is 18.2. The zero-order valence-corrected chi connectivity index (χ0v) is 16.8. The zero-order valence-electron chi connectivity index (χ0n) is 14.5. The summed E-state index contributed by atoms with van der Waals surface area (Å²) in [6, 6.07) is 6.48. The Bertz CT molecular complexity index is 1040. The SMILES string of the molecule is Cn1cc(C(=O)Nc2sc3c(c2C#N)CC(Cc2ccc(Cl)s2)NC3)cn1. The van der Waals surface area contributed by atoms with E-state index < -0.39 is 0 Å². The first-order valence-electron chi connectivity index (χ1n) is 8.35. The Labute approximate surface area is 169 Å². The Kier molecular flexibility index (Phi) is 5.02. The van der Waals surface area contributed by atoms with Crippen molar-refractivity contribution in [2.24, 2.45) is 7.05 Å². The van der Waals surface area contributed by atoms with Gasteiger partial charge in [0.1, 0.15) is 11.1 Å². The lowest BCUT2D eigenvalue weighted by Gasteiger charge is -2.23. The molecule has 6 nitrogen and oxygen atoms in total. The van der Waals surface area contributed by atoms with E-state index in [1.165, 1.54) is 22.4 Å². The van der Waals surface area contributed by atoms with Crippen molar-refractivity contribution in [1.29, 1.82) is 5.26 Å². The number of nitriles is 1. The summed E-state index contributed by atoms with van der Waals surface area (Å²) in [6.45, 7) is 0.696. The molecule has 4 rings (SSSR count). The number of anilines is 1. The van der Waals surface area contributed by atoms with Crippen LogP contribution < -0.4 is 10.6 Å². The molecule has 1 atom stereocenters. The molecule has 2 N–H and O–H groups in total. The van der Waals surface area contributed by atoms with Gasteiger partial charge in [0.05, 0.1) is 21.7 Å². The molecule has 0 spiro atoms. The smallest absolute Gasteiger partial charge is 0.259 e. The fraction of sp³-hybridized carbons (Fsp3) is 0.278. The number of carbonyl (C=O) groups is 1. The average molecular weight is 418 g/mol. The number of fused-ring (bicyclic) bond motifs is 1. The quantitative estimate of drug-likeness (QED) is 0.679. The monoisotopic (exact) mass is 417 g/mol. The lowest BCUT2D eigenvalue weighted by molar-refractivity contribution is 0.102. The summed E-state index contributed by atoms with van der Waals surface area (Å²) in [6.07, 6.45) is 4.79. The molecule has 0 radical (unpaired) electrons. The summed E-state index contributed by atoms with van der Waals surface area (Å²) >= 11 is 9.07. The summed E-state index contributed by atoms with van der Waals surface area (Å²) in [5.41, 5.74) is 2.08. The minimum Gasteiger partial charge on any atom is -0.312 e. The van der Waals surface area contributed by atoms with Gasteiger partial charge in [-0.15, -0.1) is 22.7 Å². The average Bonchev–Trinajstić information content (AvgIpc) is 3.33. The summed E-state index contributed by atoms with van der Waals surface area (Å²) < 4.78 is 2.36. The Morgan fingerprint density at radius 2 is 2.37 bits per heavy atom. The van der Waals surface area contributed by atoms with E-state index in [2.05, 4.69) is 21.8 Å². The normalized spacial score (nSPS) is 16.0. The van der Waals surface area contributed by atoms with Gasteiger partial charge in [0, 0.05) is 35.6 Å². The number of rotatable bonds is 4. The van der Waals surface area contributed by atoms with Crippen molar-refractivity contribution in [3.05, 3.63) is 55.3 Å². The molecule has 0 saturated carbocycles. The predicted octanol–water partition coefficient (Wildman–Crippen LogP) is 3.58. The minimum absolute atomic E-state index is 0.246. The third-order valence-corrected chi connectivity index (χ3v) is 6.88. The standard InChI is InChI=1S/C18H16ClN5OS2/c1-24-9-10(7-22-24)17(25)23-18-14(6-20)13-5-11(21-8-15(13)27-18)4-12-2-3-16(19)26-12/h2-3,7,9,11,21H,4-5,8H2,1H3,(H,23,25). The van der Waals surface area contributed by atoms with Crippen LogP contribution >= 0.6 is 34.3 Å². The van der Waals surface area contributed by atoms with Gasteiger partial charge in [0.2, 0.25) is 0 Å². The zero-order chi connectivity index (χ0) is 19.0. The van der Waals surface area contributed by atoms with Crippen molar-refractivity contribution >= 4 is 45.2 Å². The topological polar surface area (TPSA) is 82.7 Å². The van der Waals surface area contributed by atoms with E-state index >= 15 is 0 Å². The van der Waals surface area contributed by atoms with Gasteiger partial charge in [-0.25, -0.2) is 0 Å². The lowest BCUT2D eigenvalue weighted by atomic mass is 9.96. The van der Waals surface area contributed by atoms with Gasteiger partial charge in [0.25, 0.3) is 5.91 Å². The van der Waals surface area contributed by atoms with Crippen molar-refractivity contribution in [1.82, 2.24) is 15.1 Å². The van der Waals surface area contributed by atoms with Crippen molar-refractivity contribution in [3.63, 3.8) is 0 Å². The third kappa shape index (κ3) is 3.77. The molecule has 1 aliphatic heterocycles. The van der Waals surface area contributed by atoms with Gasteiger partial charge in [-0.2, -0.15) is 10.4 Å². The van der Waals surface area contributed by atoms with E-state index in [4.69, 9.17) is 11.6 Å². The summed E-state index contributed by atoms with van der Waals surface area (Å²) in [7, 11) is 1.76. The third-order valence-electron chi connectivity index (χ3n) is 4.47. The second-order valence-electron chi connectivity index (χ2n) is 6.37. The Balaban J connectivity index is 1.53. The first-order chi connectivity index (χ1) is 13.0. The highest BCUT2D eigenvalue weighted by Gasteiger charge is 2.27. The number of halogens is 1. The number of amides is 1. The summed E-state index contributed by atoms with van der Waals surface area (Å²) in [5.74, 6) is -0.254. The predicted molar refractivity (Wildman–Crippen MR) is 108 cm³/mol. The van der Waals surface area contributed by atoms with Crippen LogP contribution in [0.4, 0.5) is 5.00 Å². The molecule has 9 heteroatoms. The maximum atomic E-state index is 12.4. The van der Waals surface area contributed by atoms with Crippen LogP contribution in [0.2, 0.25) is 4.34 Å². The van der Waals surface area contributed by atoms with Crippen LogP contribution in [0.3, 0.4) is 0 Å². The van der Waals surface area contributed by atoms with Gasteiger partial charge in [-0.3, -0.25) is 9.48 Å². The van der Waals surface area contributed by atoms with E-state index in [1.54, 1.807) is 29.3 Å². The van der Waals surface area contributed by atoms with Gasteiger partial charge in [0.15, 0.2) is 0 Å². The van der Waals surface area contributed by atoms with Crippen LogP contribution in [-0.2, 0) is 26.4 Å². The molecule has 1 aliphatic rings. The van der Waals surface area contributed by atoms with Gasteiger partial charge < -0.3 is 10.6 Å². The molecule has 0 saturated heterocycles. The summed E-state index contributed by atoms with van der Waals surface area (Å²) in [5, 5.41) is 20.7. The highest BCUT2D eigenvalue weighted by atomic mass is 35.5. The number of aryl methyl sites for hydroxylation is 1. The van der Waals surface area contributed by atoms with Gasteiger partial charge >= 0.3 is 0 Å². The summed E-state index contributed by atoms with van der Waals surface area (Å²) in [4.78, 5) is 14.7. The van der Waals surface area contributed by atoms with E-state index in [-0.39, 0.29) is 11.9 Å². The second-order valence-corrected chi connectivity index (χ2v) is 9.27. The molecule has 4 heterocycles. The number of thiophene rings is 2. The van der Waals surface area contributed by atoms with E-state index in [0.717, 1.165) is 27.6 Å². The van der Waals surface area contributed by atoms with E-state index in [0.29, 0.717) is 22.7 Å². The van der Waals surface area contributed by atoms with Crippen LogP contribution in [0, 0.1) is 11.3 Å². The molecule has 0 aromatic carbocycles. The van der Waals surface area contributed by atoms with E-state index in [9.17, 15) is 10.1 Å². The molecule has 138 valence electrons. The largest absolute Gasteiger partial charge is 0.312 e. The highest BCUT2D eigenvalue weighted by Crippen LogP contribution is 2.37. The number of aromatic nitrogens is 2. The molecule has 0 bridgehead atoms. The molecule has 3 aromatic rings. The number of nitrogens with one attached hydrogen (secondary N) is 2. The first-order valence-corrected chi connectivity index (χ1v) is 10.4. The molecule has 27 heavy (non-hydrogen) atoms. The van der Waals surface area contributed by atoms with Crippen LogP contribution in [-0.4, -0.2) is 21.7 Å². The second kappa shape index (κ2) is 7.44.